The van der Waals surface area contributed by atoms with Crippen LogP contribution in [0.25, 0.3) is 5.69 Å². The van der Waals surface area contributed by atoms with Crippen LogP contribution in [0.5, 0.6) is 0 Å². The Morgan fingerprint density at radius 1 is 1.28 bits per heavy atom. The minimum atomic E-state index is -0.113. The summed E-state index contributed by atoms with van der Waals surface area (Å²) in [6.45, 7) is 2.71. The van der Waals surface area contributed by atoms with Gasteiger partial charge in [0, 0.05) is 29.1 Å². The van der Waals surface area contributed by atoms with Gasteiger partial charge in [0.15, 0.2) is 10.2 Å². The maximum Gasteiger partial charge on any atom is 0.211 e. The van der Waals surface area contributed by atoms with Gasteiger partial charge >= 0.3 is 0 Å². The third-order valence-corrected chi connectivity index (χ3v) is 6.95. The first-order valence-corrected chi connectivity index (χ1v) is 10.4. The van der Waals surface area contributed by atoms with Crippen LogP contribution in [0.15, 0.2) is 45.2 Å². The maximum atomic E-state index is 11.4. The summed E-state index contributed by atoms with van der Waals surface area (Å²) in [5.41, 5.74) is 1.98. The molecule has 128 valence electrons. The van der Waals surface area contributed by atoms with Gasteiger partial charge in [-0.1, -0.05) is 18.2 Å². The molecule has 1 aliphatic heterocycles. The Morgan fingerprint density at radius 2 is 2.12 bits per heavy atom. The molecule has 0 aliphatic carbocycles. The molecule has 1 unspecified atom stereocenters. The van der Waals surface area contributed by atoms with Crippen LogP contribution in [0.4, 0.5) is 0 Å². The number of aryl methyl sites for hydroxylation is 1. The van der Waals surface area contributed by atoms with E-state index in [2.05, 4.69) is 15.2 Å². The molecule has 1 atom stereocenters. The predicted octanol–water partition coefficient (Wildman–Crippen LogP) is 3.39. The van der Waals surface area contributed by atoms with Crippen LogP contribution in [-0.4, -0.2) is 43.4 Å². The second-order valence-corrected chi connectivity index (χ2v) is 8.70. The molecule has 0 spiro atoms. The lowest BCUT2D eigenvalue weighted by Gasteiger charge is -2.19. The number of thiazole rings is 1. The fourth-order valence-corrected chi connectivity index (χ4v) is 5.58. The van der Waals surface area contributed by atoms with E-state index in [1.54, 1.807) is 28.0 Å². The lowest BCUT2D eigenvalue weighted by atomic mass is 10.3. The van der Waals surface area contributed by atoms with Gasteiger partial charge < -0.3 is 4.90 Å². The van der Waals surface area contributed by atoms with Crippen molar-refractivity contribution in [2.24, 2.45) is 0 Å². The molecule has 3 aromatic rings. The Balaban J connectivity index is 1.78. The molecule has 0 bridgehead atoms. The first-order valence-electron chi connectivity index (χ1n) is 7.69. The maximum absolute atomic E-state index is 11.4. The molecule has 0 N–H and O–H groups in total. The molecule has 25 heavy (non-hydrogen) atoms. The van der Waals surface area contributed by atoms with Crippen LogP contribution in [0.1, 0.15) is 16.9 Å². The van der Waals surface area contributed by atoms with E-state index in [1.165, 1.54) is 11.8 Å². The minimum Gasteiger partial charge on any atom is -0.325 e. The number of benzene rings is 1. The van der Waals surface area contributed by atoms with Crippen molar-refractivity contribution >= 4 is 41.3 Å². The Kier molecular flexibility index (Phi) is 4.78. The molecule has 9 heteroatoms. The van der Waals surface area contributed by atoms with E-state index in [0.717, 1.165) is 45.4 Å². The van der Waals surface area contributed by atoms with Crippen molar-refractivity contribution in [2.45, 2.75) is 21.8 Å². The summed E-state index contributed by atoms with van der Waals surface area (Å²) in [5, 5.41) is 11.5. The molecule has 0 radical (unpaired) electrons. The first-order chi connectivity index (χ1) is 12.3. The second-order valence-electron chi connectivity index (χ2n) is 5.43. The van der Waals surface area contributed by atoms with Crippen LogP contribution >= 0.6 is 34.9 Å². The highest BCUT2D eigenvalue weighted by Crippen LogP contribution is 2.39. The molecule has 2 aromatic heterocycles. The topological polar surface area (TPSA) is 63.9 Å². The number of hydrogen-bond donors (Lipinski definition) is 0. The predicted molar refractivity (Wildman–Crippen MR) is 100 cm³/mol. The normalized spacial score (nSPS) is 17.2. The number of nitrogens with zero attached hydrogens (tertiary/aromatic N) is 5. The smallest absolute Gasteiger partial charge is 0.211 e. The van der Waals surface area contributed by atoms with Gasteiger partial charge in [0.2, 0.25) is 11.6 Å². The summed E-state index contributed by atoms with van der Waals surface area (Å²) >= 11 is 4.80. The zero-order chi connectivity index (χ0) is 17.2. The molecular weight excluding hydrogens is 374 g/mol. The van der Waals surface area contributed by atoms with Crippen LogP contribution in [-0.2, 0) is 4.79 Å². The van der Waals surface area contributed by atoms with Gasteiger partial charge in [0.05, 0.1) is 0 Å². The second kappa shape index (κ2) is 7.19. The summed E-state index contributed by atoms with van der Waals surface area (Å²) in [5.74, 6) is 1.68. The highest BCUT2D eigenvalue weighted by Gasteiger charge is 2.31. The van der Waals surface area contributed by atoms with E-state index in [0.29, 0.717) is 0 Å². The fourth-order valence-electron chi connectivity index (χ4n) is 2.60. The Hall–Kier alpha value is -1.84. The van der Waals surface area contributed by atoms with Crippen LogP contribution in [0.2, 0.25) is 0 Å². The minimum absolute atomic E-state index is 0.113. The zero-order valence-corrected chi connectivity index (χ0v) is 15.9. The van der Waals surface area contributed by atoms with Gasteiger partial charge in [-0.15, -0.1) is 33.3 Å². The number of hydrogen-bond acceptors (Lipinski definition) is 7. The molecule has 1 aliphatic rings. The van der Waals surface area contributed by atoms with Crippen LogP contribution in [0, 0.1) is 6.92 Å². The standard InChI is InChI=1S/C16H15N5OS3/c1-11-9-24-16(17-11)25-15-19-18-13(14-20(10-22)7-8-23-14)21(15)12-5-3-2-4-6-12/h2-6,9-10,14H,7-8H2,1H3. The van der Waals surface area contributed by atoms with Gasteiger partial charge in [0.25, 0.3) is 0 Å². The largest absolute Gasteiger partial charge is 0.325 e. The summed E-state index contributed by atoms with van der Waals surface area (Å²) in [6.07, 6.45) is 0.895. The highest BCUT2D eigenvalue weighted by atomic mass is 32.2. The van der Waals surface area contributed by atoms with Crippen molar-refractivity contribution < 1.29 is 4.79 Å². The summed E-state index contributed by atoms with van der Waals surface area (Å²) in [7, 11) is 0. The summed E-state index contributed by atoms with van der Waals surface area (Å²) in [4.78, 5) is 17.7. The SMILES string of the molecule is Cc1csc(Sc2nnc(C3SCCN3C=O)n2-c2ccccc2)n1. The number of carbonyl (C=O) groups excluding carboxylic acids is 1. The number of amides is 1. The molecule has 1 fully saturated rings. The highest BCUT2D eigenvalue weighted by molar-refractivity contribution is 8.01. The van der Waals surface area contributed by atoms with Gasteiger partial charge in [-0.3, -0.25) is 9.36 Å². The van der Waals surface area contributed by atoms with Gasteiger partial charge in [-0.2, -0.15) is 0 Å². The number of aromatic nitrogens is 4. The van der Waals surface area contributed by atoms with E-state index in [-0.39, 0.29) is 5.37 Å². The van der Waals surface area contributed by atoms with Crippen LogP contribution in [0.3, 0.4) is 0 Å². The Bertz CT molecular complexity index is 879. The monoisotopic (exact) mass is 389 g/mol. The first kappa shape index (κ1) is 16.6. The number of carbonyl (C=O) groups is 1. The Labute approximate surface area is 157 Å². The van der Waals surface area contributed by atoms with E-state index >= 15 is 0 Å². The number of thioether (sulfide) groups is 1. The third-order valence-electron chi connectivity index (χ3n) is 3.73. The van der Waals surface area contributed by atoms with Crippen molar-refractivity contribution in [1.82, 2.24) is 24.6 Å². The Morgan fingerprint density at radius 3 is 2.84 bits per heavy atom. The molecule has 1 aromatic carbocycles. The molecule has 0 saturated carbocycles. The van der Waals surface area contributed by atoms with Crippen LogP contribution < -0.4 is 0 Å². The van der Waals surface area contributed by atoms with Crippen molar-refractivity contribution in [3.63, 3.8) is 0 Å². The van der Waals surface area contributed by atoms with E-state index < -0.39 is 0 Å². The summed E-state index contributed by atoms with van der Waals surface area (Å²) < 4.78 is 2.96. The van der Waals surface area contributed by atoms with E-state index in [4.69, 9.17) is 0 Å². The molecule has 3 heterocycles. The number of para-hydroxylation sites is 1. The molecule has 6 nitrogen and oxygen atoms in total. The lowest BCUT2D eigenvalue weighted by Crippen LogP contribution is -2.23. The van der Waals surface area contributed by atoms with Crippen molar-refractivity contribution in [1.29, 1.82) is 0 Å². The van der Waals surface area contributed by atoms with E-state index in [1.807, 2.05) is 47.2 Å². The molecule has 4 rings (SSSR count). The summed E-state index contributed by atoms with van der Waals surface area (Å²) in [6, 6.07) is 10.00. The average molecular weight is 390 g/mol. The van der Waals surface area contributed by atoms with Crippen molar-refractivity contribution in [2.75, 3.05) is 12.3 Å². The van der Waals surface area contributed by atoms with E-state index in [9.17, 15) is 4.79 Å². The zero-order valence-electron chi connectivity index (χ0n) is 13.4. The molecular formula is C16H15N5OS3. The molecule has 1 saturated heterocycles. The van der Waals surface area contributed by atoms with Crippen molar-refractivity contribution in [3.8, 4) is 5.69 Å². The average Bonchev–Trinajstić information content (AvgIpc) is 3.35. The fraction of sp³-hybridized carbons (Fsp3) is 0.250. The van der Waals surface area contributed by atoms with Gasteiger partial charge in [0.1, 0.15) is 5.37 Å². The van der Waals surface area contributed by atoms with Gasteiger partial charge in [-0.25, -0.2) is 4.98 Å². The van der Waals surface area contributed by atoms with Gasteiger partial charge in [-0.05, 0) is 30.8 Å². The van der Waals surface area contributed by atoms with Crippen molar-refractivity contribution in [3.05, 3.63) is 47.2 Å². The molecule has 1 amide bonds. The lowest BCUT2D eigenvalue weighted by molar-refractivity contribution is -0.118. The quantitative estimate of drug-likeness (QED) is 0.623. The number of rotatable bonds is 5. The third kappa shape index (κ3) is 3.31.